The lowest BCUT2D eigenvalue weighted by atomic mass is 10.8. The summed E-state index contributed by atoms with van der Waals surface area (Å²) in [7, 11) is -6.39. The first-order valence-corrected chi connectivity index (χ1v) is 7.77. The average molecular weight is 248 g/mol. The molecule has 0 amide bonds. The summed E-state index contributed by atoms with van der Waals surface area (Å²) < 4.78 is 48.2. The van der Waals surface area contributed by atoms with Crippen molar-refractivity contribution in [1.29, 1.82) is 0 Å². The Bertz CT molecular complexity index is 277. The summed E-state index contributed by atoms with van der Waals surface area (Å²) >= 11 is 0. The summed E-state index contributed by atoms with van der Waals surface area (Å²) in [6.07, 6.45) is 0. The van der Waals surface area contributed by atoms with E-state index in [2.05, 4.69) is 0 Å². The van der Waals surface area contributed by atoms with Gasteiger partial charge in [0.2, 0.25) is 0 Å². The molecule has 1 fully saturated rings. The molecule has 0 saturated carbocycles. The van der Waals surface area contributed by atoms with Crippen molar-refractivity contribution in [3.05, 3.63) is 0 Å². The quantitative estimate of drug-likeness (QED) is 0.423. The van der Waals surface area contributed by atoms with E-state index in [0.717, 1.165) is 17.3 Å². The minimum atomic E-state index is -4.67. The van der Waals surface area contributed by atoms with Crippen LogP contribution in [0.5, 0.6) is 0 Å². The fraction of sp³-hybridized carbons (Fsp3) is 1.00. The third-order valence-electron chi connectivity index (χ3n) is 1.86. The molecule has 1 aliphatic heterocycles. The van der Waals surface area contributed by atoms with Gasteiger partial charge in [-0.25, -0.2) is 0 Å². The third-order valence-corrected chi connectivity index (χ3v) is 5.01. The Kier molecular flexibility index (Phi) is 5.75. The Hall–Kier alpha value is -0.0200. The van der Waals surface area contributed by atoms with Gasteiger partial charge >= 0.3 is 10.4 Å². The zero-order valence-electron chi connectivity index (χ0n) is 7.92. The van der Waals surface area contributed by atoms with Crippen LogP contribution in [0.1, 0.15) is 6.92 Å². The van der Waals surface area contributed by atoms with Crippen LogP contribution in [0.2, 0.25) is 0 Å². The molecule has 0 atom stereocenters. The predicted octanol–water partition coefficient (Wildman–Crippen LogP) is -0.600. The molecule has 0 unspecified atom stereocenters. The zero-order valence-corrected chi connectivity index (χ0v) is 9.63. The van der Waals surface area contributed by atoms with Gasteiger partial charge in [-0.05, 0) is 5.75 Å². The van der Waals surface area contributed by atoms with Gasteiger partial charge in [-0.15, -0.1) is 0 Å². The van der Waals surface area contributed by atoms with E-state index in [1.54, 1.807) is 0 Å². The first-order chi connectivity index (χ1) is 6.27. The van der Waals surface area contributed by atoms with Gasteiger partial charge in [0, 0.05) is 11.5 Å². The first kappa shape index (κ1) is 14.0. The first-order valence-electron chi connectivity index (χ1n) is 4.11. The summed E-state index contributed by atoms with van der Waals surface area (Å²) in [4.78, 5) is 0. The second-order valence-corrected chi connectivity index (χ2v) is 7.42. The van der Waals surface area contributed by atoms with Crippen LogP contribution in [0, 0.1) is 0 Å². The Morgan fingerprint density at radius 3 is 1.86 bits per heavy atom. The maximum absolute atomic E-state index is 11.5. The second-order valence-electron chi connectivity index (χ2n) is 2.88. The smallest absolute Gasteiger partial charge is 0.380 e. The molecule has 2 N–H and O–H groups in total. The van der Waals surface area contributed by atoms with Gasteiger partial charge in [0.25, 0.3) is 0 Å². The van der Waals surface area contributed by atoms with Gasteiger partial charge < -0.3 is 4.74 Å². The van der Waals surface area contributed by atoms with Gasteiger partial charge in [0.1, 0.15) is 0 Å². The van der Waals surface area contributed by atoms with E-state index in [-0.39, 0.29) is 0 Å². The molecule has 88 valence electrons. The van der Waals surface area contributed by atoms with E-state index in [1.807, 2.05) is 6.92 Å². The van der Waals surface area contributed by atoms with E-state index in [1.165, 1.54) is 0 Å². The van der Waals surface area contributed by atoms with E-state index in [4.69, 9.17) is 22.3 Å². The molecular formula is C6H16O6S2. The average Bonchev–Trinajstić information content (AvgIpc) is 2.03. The Morgan fingerprint density at radius 2 is 1.64 bits per heavy atom. The molecule has 1 aliphatic rings. The van der Waals surface area contributed by atoms with Gasteiger partial charge in [-0.1, -0.05) is 16.9 Å². The predicted molar refractivity (Wildman–Crippen MR) is 54.8 cm³/mol. The molecule has 0 bridgehead atoms. The van der Waals surface area contributed by atoms with Crippen molar-refractivity contribution in [2.24, 2.45) is 0 Å². The van der Waals surface area contributed by atoms with Crippen LogP contribution >= 0.6 is 0 Å². The Morgan fingerprint density at radius 1 is 1.29 bits per heavy atom. The fourth-order valence-electron chi connectivity index (χ4n) is 0.992. The van der Waals surface area contributed by atoms with Gasteiger partial charge in [0.15, 0.2) is 0 Å². The fourth-order valence-corrected chi connectivity index (χ4v) is 2.77. The molecule has 0 aromatic heterocycles. The van der Waals surface area contributed by atoms with Crippen molar-refractivity contribution >= 4 is 20.3 Å². The molecule has 1 saturated heterocycles. The molecule has 0 aliphatic carbocycles. The number of hydrogen-bond acceptors (Lipinski definition) is 4. The number of rotatable bonds is 1. The van der Waals surface area contributed by atoms with Crippen molar-refractivity contribution in [2.45, 2.75) is 6.92 Å². The van der Waals surface area contributed by atoms with E-state index >= 15 is 0 Å². The lowest BCUT2D eigenvalue weighted by Crippen LogP contribution is -2.33. The van der Waals surface area contributed by atoms with Crippen LogP contribution in [-0.4, -0.2) is 52.2 Å². The van der Waals surface area contributed by atoms with Crippen LogP contribution in [0.15, 0.2) is 0 Å². The molecular weight excluding hydrogens is 232 g/mol. The standard InChI is InChI=1S/C6H14O2S.H2O4S/c1-2-9(7)5-3-8-4-6-9;1-5(2,3)4/h9H,2-6H2,1H3;(H2,1,2,3,4). The Balaban J connectivity index is 0.000000292. The number of hydrogen-bond donors (Lipinski definition) is 3. The Labute approximate surface area is 84.7 Å². The van der Waals surface area contributed by atoms with Crippen LogP contribution < -0.4 is 0 Å². The molecule has 1 heterocycles. The van der Waals surface area contributed by atoms with E-state index in [9.17, 15) is 4.21 Å². The SMILES string of the molecule is CC[SH]1(=O)CCOCC1.O=S(=O)(O)O. The number of thiol groups is 1. The van der Waals surface area contributed by atoms with Crippen molar-refractivity contribution < 1.29 is 26.5 Å². The molecule has 0 radical (unpaired) electrons. The molecule has 1 rings (SSSR count). The third kappa shape index (κ3) is 8.57. The highest BCUT2D eigenvalue weighted by Crippen LogP contribution is 2.08. The van der Waals surface area contributed by atoms with Crippen molar-refractivity contribution in [3.63, 3.8) is 0 Å². The molecule has 6 nitrogen and oxygen atoms in total. The summed E-state index contributed by atoms with van der Waals surface area (Å²) in [6.45, 7) is 3.43. The molecule has 14 heavy (non-hydrogen) atoms. The van der Waals surface area contributed by atoms with E-state index in [0.29, 0.717) is 13.2 Å². The lowest BCUT2D eigenvalue weighted by Gasteiger charge is -2.26. The van der Waals surface area contributed by atoms with Crippen molar-refractivity contribution in [3.8, 4) is 0 Å². The summed E-state index contributed by atoms with van der Waals surface area (Å²) in [5, 5.41) is 0. The van der Waals surface area contributed by atoms with Gasteiger partial charge in [0.05, 0.1) is 13.2 Å². The molecule has 8 heteroatoms. The summed E-state index contributed by atoms with van der Waals surface area (Å²) in [6, 6.07) is 0. The molecule has 0 aromatic rings. The van der Waals surface area contributed by atoms with Crippen LogP contribution in [0.4, 0.5) is 0 Å². The van der Waals surface area contributed by atoms with Crippen molar-refractivity contribution in [2.75, 3.05) is 30.5 Å². The minimum absolute atomic E-state index is 0.713. The maximum Gasteiger partial charge on any atom is 0.394 e. The summed E-state index contributed by atoms with van der Waals surface area (Å²) in [5.74, 6) is 2.48. The summed E-state index contributed by atoms with van der Waals surface area (Å²) in [5.41, 5.74) is 0. The highest BCUT2D eigenvalue weighted by molar-refractivity contribution is 8.03. The van der Waals surface area contributed by atoms with Crippen LogP contribution in [0.25, 0.3) is 0 Å². The highest BCUT2D eigenvalue weighted by atomic mass is 32.3. The van der Waals surface area contributed by atoms with Crippen LogP contribution in [0.3, 0.4) is 0 Å². The molecule has 0 aromatic carbocycles. The minimum Gasteiger partial charge on any atom is -0.380 e. The lowest BCUT2D eigenvalue weighted by molar-refractivity contribution is 0.157. The van der Waals surface area contributed by atoms with Crippen LogP contribution in [-0.2, 0) is 25.1 Å². The molecule has 0 spiro atoms. The van der Waals surface area contributed by atoms with Gasteiger partial charge in [-0.3, -0.25) is 13.3 Å². The maximum atomic E-state index is 11.5. The monoisotopic (exact) mass is 248 g/mol. The number of ether oxygens (including phenoxy) is 1. The topological polar surface area (TPSA) is 101 Å². The highest BCUT2D eigenvalue weighted by Gasteiger charge is 2.16. The van der Waals surface area contributed by atoms with Gasteiger partial charge in [-0.2, -0.15) is 8.42 Å². The zero-order chi connectivity index (χ0) is 11.2. The second kappa shape index (κ2) is 5.76. The normalized spacial score (nSPS) is 23.1. The van der Waals surface area contributed by atoms with Crippen molar-refractivity contribution in [1.82, 2.24) is 0 Å². The largest absolute Gasteiger partial charge is 0.394 e. The van der Waals surface area contributed by atoms with E-state index < -0.39 is 20.3 Å².